The van der Waals surface area contributed by atoms with E-state index in [1.807, 2.05) is 24.3 Å². The van der Waals surface area contributed by atoms with E-state index in [4.69, 9.17) is 11.6 Å². The molecule has 12 heavy (non-hydrogen) atoms. The predicted octanol–water partition coefficient (Wildman–Crippen LogP) is 3.26. The van der Waals surface area contributed by atoms with E-state index >= 15 is 0 Å². The second kappa shape index (κ2) is 5.43. The van der Waals surface area contributed by atoms with Crippen molar-refractivity contribution >= 4 is 39.9 Å². The average Bonchev–Trinajstić information content (AvgIpc) is 2.09. The van der Waals surface area contributed by atoms with Crippen LogP contribution in [0.3, 0.4) is 0 Å². The van der Waals surface area contributed by atoms with Crippen LogP contribution in [0.4, 0.5) is 5.69 Å². The Hall–Kier alpha value is -0.220. The summed E-state index contributed by atoms with van der Waals surface area (Å²) in [6.45, 7) is 0. The molecule has 0 saturated carbocycles. The van der Waals surface area contributed by atoms with Gasteiger partial charge in [-0.3, -0.25) is 0 Å². The van der Waals surface area contributed by atoms with Gasteiger partial charge in [0.15, 0.2) is 0 Å². The molecule has 1 aromatic rings. The van der Waals surface area contributed by atoms with Gasteiger partial charge in [0.05, 0.1) is 0 Å². The van der Waals surface area contributed by atoms with Gasteiger partial charge < -0.3 is 5.32 Å². The number of halogens is 2. The third-order valence-corrected chi connectivity index (χ3v) is 2.14. The normalized spacial score (nSPS) is 10.5. The molecule has 0 aliphatic rings. The van der Waals surface area contributed by atoms with Gasteiger partial charge in [-0.15, -0.1) is 11.6 Å². The van der Waals surface area contributed by atoms with Gasteiger partial charge >= 0.3 is 0 Å². The number of alkyl halides is 1. The Labute approximate surface area is 91.0 Å². The van der Waals surface area contributed by atoms with E-state index in [-0.39, 0.29) is 0 Å². The monoisotopic (exact) mass is 292 g/mol. The molecule has 3 heteroatoms. The van der Waals surface area contributed by atoms with Crippen molar-refractivity contribution in [2.24, 2.45) is 0 Å². The molecule has 63 valence electrons. The molecule has 0 aliphatic heterocycles. The van der Waals surface area contributed by atoms with Crippen LogP contribution in [-0.4, -0.2) is 5.88 Å². The molecule has 1 radical (unpaired) electrons. The summed E-state index contributed by atoms with van der Waals surface area (Å²) in [6.07, 6.45) is 4.56. The molecule has 0 atom stereocenters. The highest BCUT2D eigenvalue weighted by molar-refractivity contribution is 14.1. The van der Waals surface area contributed by atoms with Crippen LogP contribution >= 0.6 is 34.2 Å². The van der Waals surface area contributed by atoms with Crippen LogP contribution in [-0.2, 0) is 0 Å². The van der Waals surface area contributed by atoms with Gasteiger partial charge in [0.2, 0.25) is 0 Å². The van der Waals surface area contributed by atoms with Crippen molar-refractivity contribution in [2.45, 2.75) is 0 Å². The van der Waals surface area contributed by atoms with E-state index in [2.05, 4.69) is 34.0 Å². The fourth-order valence-electron chi connectivity index (χ4n) is 0.719. The lowest BCUT2D eigenvalue weighted by Gasteiger charge is -1.98. The molecule has 1 nitrogen and oxygen atoms in total. The van der Waals surface area contributed by atoms with Crippen LogP contribution < -0.4 is 5.32 Å². The van der Waals surface area contributed by atoms with Crippen molar-refractivity contribution < 1.29 is 0 Å². The molecule has 0 unspecified atom stereocenters. The Kier molecular flexibility index (Phi) is 4.46. The lowest BCUT2D eigenvalue weighted by Crippen LogP contribution is -1.86. The van der Waals surface area contributed by atoms with Gasteiger partial charge in [-0.2, -0.15) is 0 Å². The minimum Gasteiger partial charge on any atom is -0.361 e. The largest absolute Gasteiger partial charge is 0.361 e. The smallest absolute Gasteiger partial charge is 0.0492 e. The Morgan fingerprint density at radius 1 is 1.42 bits per heavy atom. The van der Waals surface area contributed by atoms with Crippen LogP contribution in [0.1, 0.15) is 0 Å². The van der Waals surface area contributed by atoms with Gasteiger partial charge in [-0.25, -0.2) is 0 Å². The molecule has 0 amide bonds. The lowest BCUT2D eigenvalue weighted by atomic mass is 10.3. The van der Waals surface area contributed by atoms with Crippen molar-refractivity contribution in [3.8, 4) is 0 Å². The highest BCUT2D eigenvalue weighted by Crippen LogP contribution is 2.10. The molecule has 1 aromatic carbocycles. The van der Waals surface area contributed by atoms with Crippen molar-refractivity contribution in [3.05, 3.63) is 40.1 Å². The second-order valence-electron chi connectivity index (χ2n) is 2.13. The van der Waals surface area contributed by atoms with Crippen molar-refractivity contribution in [1.82, 2.24) is 0 Å². The molecule has 0 heterocycles. The first-order valence-electron chi connectivity index (χ1n) is 3.46. The van der Waals surface area contributed by atoms with Crippen LogP contribution in [0.25, 0.3) is 0 Å². The number of anilines is 1. The van der Waals surface area contributed by atoms with Crippen LogP contribution in [0.15, 0.2) is 30.5 Å². The Balaban J connectivity index is 2.53. The van der Waals surface area contributed by atoms with Gasteiger partial charge in [-0.05, 0) is 52.9 Å². The maximum atomic E-state index is 5.41. The maximum absolute atomic E-state index is 5.41. The Morgan fingerprint density at radius 3 is 2.67 bits per heavy atom. The zero-order valence-corrected chi connectivity index (χ0v) is 9.26. The molecular formula is C9H8ClIN. The summed E-state index contributed by atoms with van der Waals surface area (Å²) in [4.78, 5) is 0. The van der Waals surface area contributed by atoms with E-state index in [1.165, 1.54) is 3.57 Å². The molecule has 0 fully saturated rings. The molecule has 0 aromatic heterocycles. The van der Waals surface area contributed by atoms with Crippen molar-refractivity contribution in [2.75, 3.05) is 11.2 Å². The first-order valence-corrected chi connectivity index (χ1v) is 5.07. The van der Waals surface area contributed by atoms with Crippen molar-refractivity contribution in [3.63, 3.8) is 0 Å². The van der Waals surface area contributed by atoms with Gasteiger partial charge in [0.25, 0.3) is 0 Å². The van der Waals surface area contributed by atoms with E-state index in [0.29, 0.717) is 5.88 Å². The summed E-state index contributed by atoms with van der Waals surface area (Å²) >= 11 is 7.68. The van der Waals surface area contributed by atoms with E-state index in [0.717, 1.165) is 5.69 Å². The number of allylic oxidation sites excluding steroid dienone is 1. The molecule has 1 rings (SSSR count). The molecule has 0 aliphatic carbocycles. The van der Waals surface area contributed by atoms with E-state index in [9.17, 15) is 0 Å². The maximum Gasteiger partial charge on any atom is 0.0492 e. The van der Waals surface area contributed by atoms with Crippen LogP contribution in [0.5, 0.6) is 0 Å². The predicted molar refractivity (Wildman–Crippen MR) is 61.3 cm³/mol. The number of hydrogen-bond donors (Lipinski definition) is 1. The zero-order chi connectivity index (χ0) is 8.81. The minimum absolute atomic E-state index is 0.414. The molecular weight excluding hydrogens is 284 g/mol. The van der Waals surface area contributed by atoms with E-state index < -0.39 is 0 Å². The van der Waals surface area contributed by atoms with Gasteiger partial charge in [0, 0.05) is 21.3 Å². The summed E-state index contributed by atoms with van der Waals surface area (Å²) in [5, 5.41) is 3.05. The SMILES string of the molecule is ClC/[C]=C/Nc1ccc(I)cc1. The third kappa shape index (κ3) is 3.45. The first-order chi connectivity index (χ1) is 5.83. The van der Waals surface area contributed by atoms with E-state index in [1.54, 1.807) is 6.20 Å². The molecule has 0 spiro atoms. The second-order valence-corrected chi connectivity index (χ2v) is 3.65. The summed E-state index contributed by atoms with van der Waals surface area (Å²) in [6, 6.07) is 8.09. The highest BCUT2D eigenvalue weighted by Gasteiger charge is 1.87. The number of hydrogen-bond acceptors (Lipinski definition) is 1. The summed E-state index contributed by atoms with van der Waals surface area (Å²) < 4.78 is 1.23. The number of rotatable bonds is 3. The highest BCUT2D eigenvalue weighted by atomic mass is 127. The fourth-order valence-corrected chi connectivity index (χ4v) is 1.16. The minimum atomic E-state index is 0.414. The zero-order valence-electron chi connectivity index (χ0n) is 6.35. The number of nitrogens with one attached hydrogen (secondary N) is 1. The summed E-state index contributed by atoms with van der Waals surface area (Å²) in [5.74, 6) is 0.414. The summed E-state index contributed by atoms with van der Waals surface area (Å²) in [7, 11) is 0. The number of benzene rings is 1. The van der Waals surface area contributed by atoms with Gasteiger partial charge in [-0.1, -0.05) is 0 Å². The Morgan fingerprint density at radius 2 is 2.08 bits per heavy atom. The average molecular weight is 293 g/mol. The van der Waals surface area contributed by atoms with Crippen LogP contribution in [0, 0.1) is 9.65 Å². The first kappa shape index (κ1) is 9.86. The molecule has 1 N–H and O–H groups in total. The van der Waals surface area contributed by atoms with Crippen LogP contribution in [0.2, 0.25) is 0 Å². The topological polar surface area (TPSA) is 12.0 Å². The third-order valence-electron chi connectivity index (χ3n) is 1.26. The Bertz CT molecular complexity index is 256. The van der Waals surface area contributed by atoms with Crippen molar-refractivity contribution in [1.29, 1.82) is 0 Å². The lowest BCUT2D eigenvalue weighted by molar-refractivity contribution is 1.52. The molecule has 0 saturated heterocycles. The quantitative estimate of drug-likeness (QED) is 0.666. The fraction of sp³-hybridized carbons (Fsp3) is 0.111. The standard InChI is InChI=1S/C9H8ClIN/c10-6-1-7-12-9-4-2-8(11)3-5-9/h2-5,7,12H,6H2. The summed E-state index contributed by atoms with van der Waals surface area (Å²) in [5.41, 5.74) is 1.05. The molecule has 0 bridgehead atoms. The van der Waals surface area contributed by atoms with Gasteiger partial charge in [0.1, 0.15) is 0 Å².